The molecule has 1 aromatic carbocycles. The quantitative estimate of drug-likeness (QED) is 0.664. The van der Waals surface area contributed by atoms with Crippen molar-refractivity contribution in [2.75, 3.05) is 6.54 Å². The van der Waals surface area contributed by atoms with E-state index < -0.39 is 0 Å². The molecule has 3 rings (SSSR count). The van der Waals surface area contributed by atoms with Crippen molar-refractivity contribution >= 4 is 11.0 Å². The molecule has 3 aromatic rings. The number of unbranched alkanes of at least 4 members (excludes halogenated alkanes) is 1. The van der Waals surface area contributed by atoms with E-state index in [1.54, 1.807) is 0 Å². The summed E-state index contributed by atoms with van der Waals surface area (Å²) in [6.45, 7) is 1.34. The molecule has 2 heterocycles. The Labute approximate surface area is 117 Å². The number of aromatic amines is 1. The van der Waals surface area contributed by atoms with Gasteiger partial charge in [0.05, 0.1) is 16.7 Å². The molecule has 0 fully saturated rings. The molecule has 104 valence electrons. The number of nitrogens with one attached hydrogen (secondary N) is 1. The third-order valence-electron chi connectivity index (χ3n) is 3.22. The summed E-state index contributed by atoms with van der Waals surface area (Å²) in [6.07, 6.45) is 4.98. The van der Waals surface area contributed by atoms with Crippen molar-refractivity contribution in [1.82, 2.24) is 25.0 Å². The Kier molecular flexibility index (Phi) is 3.73. The highest BCUT2D eigenvalue weighted by atomic mass is 15.4. The maximum Gasteiger partial charge on any atom is 0.129 e. The zero-order chi connectivity index (χ0) is 13.8. The van der Waals surface area contributed by atoms with Crippen LogP contribution in [0.3, 0.4) is 0 Å². The number of para-hydroxylation sites is 2. The van der Waals surface area contributed by atoms with Crippen molar-refractivity contribution < 1.29 is 0 Å². The molecular formula is C14H18N6. The summed E-state index contributed by atoms with van der Waals surface area (Å²) in [5, 5.41) is 8.30. The highest BCUT2D eigenvalue weighted by molar-refractivity contribution is 5.74. The summed E-state index contributed by atoms with van der Waals surface area (Å²) in [5.41, 5.74) is 8.52. The van der Waals surface area contributed by atoms with Crippen LogP contribution in [0.15, 0.2) is 30.5 Å². The number of imidazole rings is 1. The Morgan fingerprint density at radius 2 is 2.10 bits per heavy atom. The summed E-state index contributed by atoms with van der Waals surface area (Å²) >= 11 is 0. The third-order valence-corrected chi connectivity index (χ3v) is 3.22. The minimum Gasteiger partial charge on any atom is -0.340 e. The van der Waals surface area contributed by atoms with E-state index in [9.17, 15) is 0 Å². The number of benzene rings is 1. The zero-order valence-corrected chi connectivity index (χ0v) is 11.3. The number of aromatic nitrogens is 5. The molecule has 0 aliphatic rings. The van der Waals surface area contributed by atoms with E-state index in [2.05, 4.69) is 20.3 Å². The van der Waals surface area contributed by atoms with Gasteiger partial charge in [0, 0.05) is 6.20 Å². The molecular weight excluding hydrogens is 252 g/mol. The van der Waals surface area contributed by atoms with E-state index in [0.29, 0.717) is 6.54 Å². The highest BCUT2D eigenvalue weighted by Crippen LogP contribution is 2.11. The predicted molar refractivity (Wildman–Crippen MR) is 77.2 cm³/mol. The van der Waals surface area contributed by atoms with Crippen molar-refractivity contribution in [2.24, 2.45) is 5.73 Å². The largest absolute Gasteiger partial charge is 0.340 e. The van der Waals surface area contributed by atoms with Gasteiger partial charge in [-0.2, -0.15) is 0 Å². The minimum absolute atomic E-state index is 0.610. The lowest BCUT2D eigenvalue weighted by molar-refractivity contribution is 0.630. The van der Waals surface area contributed by atoms with E-state index in [-0.39, 0.29) is 0 Å². The lowest BCUT2D eigenvalue weighted by atomic mass is 10.2. The molecule has 0 unspecified atom stereocenters. The molecule has 6 nitrogen and oxygen atoms in total. The number of fused-ring (bicyclic) bond motifs is 1. The Morgan fingerprint density at radius 3 is 2.95 bits per heavy atom. The van der Waals surface area contributed by atoms with E-state index >= 15 is 0 Å². The van der Waals surface area contributed by atoms with Crippen LogP contribution in [0, 0.1) is 0 Å². The van der Waals surface area contributed by atoms with Crippen LogP contribution < -0.4 is 5.73 Å². The van der Waals surface area contributed by atoms with Gasteiger partial charge in [0.15, 0.2) is 0 Å². The monoisotopic (exact) mass is 270 g/mol. The second-order valence-electron chi connectivity index (χ2n) is 4.85. The predicted octanol–water partition coefficient (Wildman–Crippen LogP) is 1.48. The molecule has 0 atom stereocenters. The molecule has 2 aromatic heterocycles. The van der Waals surface area contributed by atoms with Crippen LogP contribution in [0.1, 0.15) is 24.4 Å². The Bertz CT molecular complexity index is 651. The van der Waals surface area contributed by atoms with Gasteiger partial charge in [-0.1, -0.05) is 17.3 Å². The average Bonchev–Trinajstić information content (AvgIpc) is 3.05. The van der Waals surface area contributed by atoms with Gasteiger partial charge in [0.25, 0.3) is 0 Å². The Morgan fingerprint density at radius 1 is 1.20 bits per heavy atom. The van der Waals surface area contributed by atoms with Gasteiger partial charge in [-0.05, 0) is 37.9 Å². The van der Waals surface area contributed by atoms with Crippen LogP contribution in [0.4, 0.5) is 0 Å². The van der Waals surface area contributed by atoms with Crippen molar-refractivity contribution in [1.29, 1.82) is 0 Å². The minimum atomic E-state index is 0.610. The fourth-order valence-corrected chi connectivity index (χ4v) is 2.21. The van der Waals surface area contributed by atoms with Crippen LogP contribution in [0.5, 0.6) is 0 Å². The van der Waals surface area contributed by atoms with E-state index in [0.717, 1.165) is 48.4 Å². The summed E-state index contributed by atoms with van der Waals surface area (Å²) in [6, 6.07) is 7.99. The lowest BCUT2D eigenvalue weighted by Crippen LogP contribution is -2.02. The fourth-order valence-electron chi connectivity index (χ4n) is 2.21. The van der Waals surface area contributed by atoms with Gasteiger partial charge in [-0.15, -0.1) is 5.10 Å². The molecule has 6 heteroatoms. The molecule has 0 spiro atoms. The van der Waals surface area contributed by atoms with Crippen molar-refractivity contribution in [3.05, 3.63) is 42.0 Å². The summed E-state index contributed by atoms with van der Waals surface area (Å²) < 4.78 is 1.81. The first-order chi connectivity index (χ1) is 9.85. The van der Waals surface area contributed by atoms with Crippen LogP contribution in [-0.4, -0.2) is 31.5 Å². The molecule has 3 N–H and O–H groups in total. The first-order valence-corrected chi connectivity index (χ1v) is 6.88. The normalized spacial score (nSPS) is 11.2. The van der Waals surface area contributed by atoms with Gasteiger partial charge in [0.2, 0.25) is 0 Å². The third kappa shape index (κ3) is 2.85. The summed E-state index contributed by atoms with van der Waals surface area (Å²) in [7, 11) is 0. The maximum atomic E-state index is 5.48. The molecule has 0 saturated carbocycles. The maximum absolute atomic E-state index is 5.48. The lowest BCUT2D eigenvalue weighted by Gasteiger charge is -1.95. The van der Waals surface area contributed by atoms with Crippen molar-refractivity contribution in [3.63, 3.8) is 0 Å². The highest BCUT2D eigenvalue weighted by Gasteiger charge is 2.05. The zero-order valence-electron chi connectivity index (χ0n) is 11.3. The standard InChI is InChI=1S/C14H18N6/c15-8-4-3-5-11-9-20(19-18-11)10-14-16-12-6-1-2-7-13(12)17-14/h1-2,6-7,9H,3-5,8,10,15H2,(H,16,17). The topological polar surface area (TPSA) is 85.4 Å². The van der Waals surface area contributed by atoms with Crippen LogP contribution in [0.25, 0.3) is 11.0 Å². The molecule has 0 bridgehead atoms. The molecule has 0 radical (unpaired) electrons. The number of H-pyrrole nitrogens is 1. The molecule has 20 heavy (non-hydrogen) atoms. The fraction of sp³-hybridized carbons (Fsp3) is 0.357. The second kappa shape index (κ2) is 5.83. The average molecular weight is 270 g/mol. The van der Waals surface area contributed by atoms with Crippen molar-refractivity contribution in [3.8, 4) is 0 Å². The van der Waals surface area contributed by atoms with E-state index in [4.69, 9.17) is 5.73 Å². The SMILES string of the molecule is NCCCCc1cn(Cc2nc3ccccc3[nH]2)nn1. The van der Waals surface area contributed by atoms with E-state index in [1.165, 1.54) is 0 Å². The van der Waals surface area contributed by atoms with Gasteiger partial charge in [0.1, 0.15) is 12.4 Å². The van der Waals surface area contributed by atoms with Gasteiger partial charge in [-0.25, -0.2) is 9.67 Å². The Balaban J connectivity index is 1.68. The van der Waals surface area contributed by atoms with Crippen LogP contribution in [0.2, 0.25) is 0 Å². The number of aryl methyl sites for hydroxylation is 1. The molecule has 0 saturated heterocycles. The molecule has 0 aliphatic carbocycles. The number of nitrogens with two attached hydrogens (primary N) is 1. The Hall–Kier alpha value is -2.21. The van der Waals surface area contributed by atoms with E-state index in [1.807, 2.05) is 35.1 Å². The number of nitrogens with zero attached hydrogens (tertiary/aromatic N) is 4. The number of hydrogen-bond acceptors (Lipinski definition) is 4. The smallest absolute Gasteiger partial charge is 0.129 e. The second-order valence-corrected chi connectivity index (χ2v) is 4.85. The van der Waals surface area contributed by atoms with Crippen molar-refractivity contribution in [2.45, 2.75) is 25.8 Å². The first-order valence-electron chi connectivity index (χ1n) is 6.88. The summed E-state index contributed by atoms with van der Waals surface area (Å²) in [5.74, 6) is 0.893. The van der Waals surface area contributed by atoms with Gasteiger partial charge < -0.3 is 10.7 Å². The number of rotatable bonds is 6. The van der Waals surface area contributed by atoms with Crippen LogP contribution >= 0.6 is 0 Å². The van der Waals surface area contributed by atoms with Crippen LogP contribution in [-0.2, 0) is 13.0 Å². The molecule has 0 amide bonds. The van der Waals surface area contributed by atoms with Gasteiger partial charge in [-0.3, -0.25) is 0 Å². The molecule has 0 aliphatic heterocycles. The first kappa shape index (κ1) is 12.8. The number of hydrogen-bond donors (Lipinski definition) is 2. The van der Waals surface area contributed by atoms with Gasteiger partial charge >= 0.3 is 0 Å². The summed E-state index contributed by atoms with van der Waals surface area (Å²) in [4.78, 5) is 7.82.